The van der Waals surface area contributed by atoms with Gasteiger partial charge in [-0.25, -0.2) is 0 Å². The Bertz CT molecular complexity index is 820. The number of amides is 1. The molecule has 2 aromatic rings. The second kappa shape index (κ2) is 6.68. The van der Waals surface area contributed by atoms with Crippen LogP contribution in [0.15, 0.2) is 30.5 Å². The van der Waals surface area contributed by atoms with E-state index in [-0.39, 0.29) is 11.8 Å². The quantitative estimate of drug-likeness (QED) is 0.879. The second-order valence-corrected chi connectivity index (χ2v) is 7.28. The molecule has 2 unspecified atom stereocenters. The van der Waals surface area contributed by atoms with Crippen LogP contribution < -0.4 is 5.32 Å². The van der Waals surface area contributed by atoms with E-state index in [9.17, 15) is 4.79 Å². The minimum absolute atomic E-state index is 0.0555. The van der Waals surface area contributed by atoms with Gasteiger partial charge in [0, 0.05) is 36.2 Å². The van der Waals surface area contributed by atoms with E-state index in [1.54, 1.807) is 0 Å². The zero-order chi connectivity index (χ0) is 17.4. The van der Waals surface area contributed by atoms with E-state index in [1.165, 1.54) is 27.6 Å². The standard InChI is InChI=1S/C21H27N3O/c1-3-8-22-21(25)15-10-17-16-6-5-7-18-20(16)14(12-23-18)11-19(17)24(13-15)9-4-2/h5-7,10,12,15,19,23H,3-4,8-9,11,13H2,1-2H3,(H,22,25). The molecule has 1 aliphatic heterocycles. The molecular formula is C21H27N3O. The molecule has 1 amide bonds. The van der Waals surface area contributed by atoms with E-state index >= 15 is 0 Å². The third-order valence-corrected chi connectivity index (χ3v) is 5.52. The molecule has 4 nitrogen and oxygen atoms in total. The van der Waals surface area contributed by atoms with Gasteiger partial charge in [-0.2, -0.15) is 0 Å². The molecule has 25 heavy (non-hydrogen) atoms. The highest BCUT2D eigenvalue weighted by atomic mass is 16.1. The summed E-state index contributed by atoms with van der Waals surface area (Å²) in [6, 6.07) is 6.87. The Morgan fingerprint density at radius 3 is 3.00 bits per heavy atom. The fourth-order valence-corrected chi connectivity index (χ4v) is 4.40. The molecule has 2 N–H and O–H groups in total. The summed E-state index contributed by atoms with van der Waals surface area (Å²) >= 11 is 0. The van der Waals surface area contributed by atoms with Gasteiger partial charge in [0.05, 0.1) is 5.92 Å². The molecule has 0 radical (unpaired) electrons. The molecular weight excluding hydrogens is 310 g/mol. The number of carbonyl (C=O) groups excluding carboxylic acids is 1. The largest absolute Gasteiger partial charge is 0.361 e. The number of H-pyrrole nitrogens is 1. The maximum atomic E-state index is 12.6. The van der Waals surface area contributed by atoms with Crippen LogP contribution in [0.25, 0.3) is 16.5 Å². The van der Waals surface area contributed by atoms with Crippen molar-refractivity contribution in [2.24, 2.45) is 5.92 Å². The summed E-state index contributed by atoms with van der Waals surface area (Å²) in [6.07, 6.45) is 7.52. The number of rotatable bonds is 5. The van der Waals surface area contributed by atoms with E-state index in [2.05, 4.69) is 59.5 Å². The monoisotopic (exact) mass is 337 g/mol. The topological polar surface area (TPSA) is 48.1 Å². The number of hydrogen-bond acceptors (Lipinski definition) is 2. The summed E-state index contributed by atoms with van der Waals surface area (Å²) in [7, 11) is 0. The normalized spacial score (nSPS) is 22.6. The first kappa shape index (κ1) is 16.4. The first-order valence-electron chi connectivity index (χ1n) is 9.55. The van der Waals surface area contributed by atoms with Crippen molar-refractivity contribution in [2.45, 2.75) is 39.2 Å². The predicted octanol–water partition coefficient (Wildman–Crippen LogP) is 3.34. The number of nitrogens with zero attached hydrogens (tertiary/aromatic N) is 1. The molecule has 2 heterocycles. The highest BCUT2D eigenvalue weighted by Gasteiger charge is 2.36. The minimum atomic E-state index is -0.0555. The van der Waals surface area contributed by atoms with Gasteiger partial charge in [0.15, 0.2) is 0 Å². The lowest BCUT2D eigenvalue weighted by atomic mass is 9.79. The third-order valence-electron chi connectivity index (χ3n) is 5.52. The summed E-state index contributed by atoms with van der Waals surface area (Å²) in [5, 5.41) is 4.43. The Labute approximate surface area is 149 Å². The smallest absolute Gasteiger partial charge is 0.228 e. The molecule has 2 aliphatic rings. The summed E-state index contributed by atoms with van der Waals surface area (Å²) < 4.78 is 0. The van der Waals surface area contributed by atoms with Crippen molar-refractivity contribution in [3.8, 4) is 0 Å². The maximum Gasteiger partial charge on any atom is 0.228 e. The lowest BCUT2D eigenvalue weighted by Crippen LogP contribution is -2.48. The van der Waals surface area contributed by atoms with Crippen LogP contribution >= 0.6 is 0 Å². The Hall–Kier alpha value is -2.07. The van der Waals surface area contributed by atoms with Crippen LogP contribution in [0.4, 0.5) is 0 Å². The number of nitrogens with one attached hydrogen (secondary N) is 2. The first-order valence-corrected chi connectivity index (χ1v) is 9.55. The molecule has 0 spiro atoms. The van der Waals surface area contributed by atoms with Gasteiger partial charge in [0.1, 0.15) is 0 Å². The van der Waals surface area contributed by atoms with Crippen LogP contribution in [0.3, 0.4) is 0 Å². The number of aromatic amines is 1. The van der Waals surface area contributed by atoms with Gasteiger partial charge >= 0.3 is 0 Å². The molecule has 1 aromatic carbocycles. The van der Waals surface area contributed by atoms with Crippen LogP contribution in [0.5, 0.6) is 0 Å². The number of benzene rings is 1. The molecule has 0 bridgehead atoms. The summed E-state index contributed by atoms with van der Waals surface area (Å²) in [4.78, 5) is 18.6. The number of hydrogen-bond donors (Lipinski definition) is 2. The number of carbonyl (C=O) groups is 1. The van der Waals surface area contributed by atoms with E-state index in [4.69, 9.17) is 0 Å². The predicted molar refractivity (Wildman–Crippen MR) is 102 cm³/mol. The molecule has 4 rings (SSSR count). The summed E-state index contributed by atoms with van der Waals surface area (Å²) in [5.41, 5.74) is 5.25. The van der Waals surface area contributed by atoms with Crippen LogP contribution in [-0.4, -0.2) is 41.5 Å². The van der Waals surface area contributed by atoms with Crippen LogP contribution in [0.1, 0.15) is 37.8 Å². The van der Waals surface area contributed by atoms with Gasteiger partial charge in [0.25, 0.3) is 0 Å². The molecule has 2 atom stereocenters. The van der Waals surface area contributed by atoms with Crippen molar-refractivity contribution in [1.29, 1.82) is 0 Å². The average molecular weight is 337 g/mol. The first-order chi connectivity index (χ1) is 12.2. The lowest BCUT2D eigenvalue weighted by molar-refractivity contribution is -0.124. The zero-order valence-electron chi connectivity index (χ0n) is 15.1. The molecule has 0 saturated carbocycles. The van der Waals surface area contributed by atoms with Crippen molar-refractivity contribution in [3.63, 3.8) is 0 Å². The summed E-state index contributed by atoms with van der Waals surface area (Å²) in [5.74, 6) is 0.112. The van der Waals surface area contributed by atoms with Crippen LogP contribution in [-0.2, 0) is 11.2 Å². The highest BCUT2D eigenvalue weighted by Crippen LogP contribution is 2.41. The second-order valence-electron chi connectivity index (χ2n) is 7.28. The van der Waals surface area contributed by atoms with Gasteiger partial charge in [-0.3, -0.25) is 9.69 Å². The molecule has 1 aromatic heterocycles. The van der Waals surface area contributed by atoms with E-state index in [0.29, 0.717) is 6.04 Å². The van der Waals surface area contributed by atoms with Crippen molar-refractivity contribution in [1.82, 2.24) is 15.2 Å². The highest BCUT2D eigenvalue weighted by molar-refractivity contribution is 5.99. The average Bonchev–Trinajstić information content (AvgIpc) is 3.05. The van der Waals surface area contributed by atoms with E-state index < -0.39 is 0 Å². The Morgan fingerprint density at radius 1 is 1.32 bits per heavy atom. The van der Waals surface area contributed by atoms with Crippen molar-refractivity contribution in [3.05, 3.63) is 41.6 Å². The molecule has 0 fully saturated rings. The fraction of sp³-hybridized carbons (Fsp3) is 0.476. The Balaban J connectivity index is 1.76. The third kappa shape index (κ3) is 2.78. The zero-order valence-corrected chi connectivity index (χ0v) is 15.1. The Kier molecular flexibility index (Phi) is 4.38. The SMILES string of the molecule is CCCNC(=O)C1C=C2c3cccc4[nH]cc(c34)CC2N(CCC)C1. The number of aromatic nitrogens is 1. The van der Waals surface area contributed by atoms with E-state index in [1.807, 2.05) is 0 Å². The van der Waals surface area contributed by atoms with Crippen LogP contribution in [0.2, 0.25) is 0 Å². The Morgan fingerprint density at radius 2 is 2.20 bits per heavy atom. The van der Waals surface area contributed by atoms with Gasteiger partial charge in [-0.15, -0.1) is 0 Å². The molecule has 0 saturated heterocycles. The fourth-order valence-electron chi connectivity index (χ4n) is 4.40. The number of fused-ring (bicyclic) bond motifs is 2. The van der Waals surface area contributed by atoms with Gasteiger partial charge in [-0.1, -0.05) is 32.1 Å². The minimum Gasteiger partial charge on any atom is -0.361 e. The van der Waals surface area contributed by atoms with Crippen LogP contribution in [0, 0.1) is 5.92 Å². The molecule has 1 aliphatic carbocycles. The maximum absolute atomic E-state index is 12.6. The van der Waals surface area contributed by atoms with Crippen molar-refractivity contribution < 1.29 is 4.79 Å². The van der Waals surface area contributed by atoms with Gasteiger partial charge < -0.3 is 10.3 Å². The van der Waals surface area contributed by atoms with Crippen molar-refractivity contribution >= 4 is 22.4 Å². The molecule has 132 valence electrons. The van der Waals surface area contributed by atoms with Crippen molar-refractivity contribution in [2.75, 3.05) is 19.6 Å². The molecule has 4 heteroatoms. The van der Waals surface area contributed by atoms with Gasteiger partial charge in [-0.05, 0) is 48.6 Å². The van der Waals surface area contributed by atoms with Gasteiger partial charge in [0.2, 0.25) is 5.91 Å². The summed E-state index contributed by atoms with van der Waals surface area (Å²) in [6.45, 7) is 6.93. The van der Waals surface area contributed by atoms with E-state index in [0.717, 1.165) is 38.9 Å². The lowest BCUT2D eigenvalue weighted by Gasteiger charge is -2.41.